The number of hydrogen-bond donors (Lipinski definition) is 2. The molecule has 2 N–H and O–H groups in total. The molecule has 0 spiro atoms. The summed E-state index contributed by atoms with van der Waals surface area (Å²) >= 11 is 0. The molecule has 0 rings (SSSR count). The largest absolute Gasteiger partial charge is 1.00 e. The Morgan fingerprint density at radius 3 is 1.55 bits per heavy atom. The van der Waals surface area contributed by atoms with Gasteiger partial charge in [0, 0.05) is 6.61 Å². The van der Waals surface area contributed by atoms with Gasteiger partial charge in [-0.15, -0.1) is 0 Å². The van der Waals surface area contributed by atoms with E-state index < -0.39 is 5.60 Å². The van der Waals surface area contributed by atoms with Crippen molar-refractivity contribution < 1.29 is 63.0 Å². The van der Waals surface area contributed by atoms with Gasteiger partial charge in [-0.05, 0) is 27.2 Å². The van der Waals surface area contributed by atoms with Gasteiger partial charge in [0.15, 0.2) is 0 Å². The van der Waals surface area contributed by atoms with E-state index >= 15 is 0 Å². The van der Waals surface area contributed by atoms with Crippen molar-refractivity contribution in [1.29, 1.82) is 0 Å². The van der Waals surface area contributed by atoms with E-state index in [9.17, 15) is 0 Å². The molecule has 0 aromatic carbocycles. The fraction of sp³-hybridized carbons (Fsp3) is 1.00. The topological polar surface area (TPSA) is 40.5 Å². The number of aliphatic hydroxyl groups excluding tert-OH is 1. The molecule has 0 heterocycles. The van der Waals surface area contributed by atoms with Crippen LogP contribution in [0.25, 0.3) is 0 Å². The van der Waals surface area contributed by atoms with Gasteiger partial charge < -0.3 is 11.6 Å². The second kappa shape index (κ2) is 11.6. The van der Waals surface area contributed by atoms with Gasteiger partial charge in [0.2, 0.25) is 0 Å². The summed E-state index contributed by atoms with van der Waals surface area (Å²) in [5.41, 5.74) is -0.500. The normalized spacial score (nSPS) is 9.27. The second-order valence-electron chi connectivity index (χ2n) is 3.25. The van der Waals surface area contributed by atoms with Crippen LogP contribution in [-0.2, 0) is 0 Å². The second-order valence-corrected chi connectivity index (χ2v) is 3.25. The van der Waals surface area contributed by atoms with Crippen LogP contribution in [0.3, 0.4) is 0 Å². The molecule has 0 fully saturated rings. The summed E-state index contributed by atoms with van der Waals surface area (Å²) in [4.78, 5) is 0. The van der Waals surface area contributed by atoms with Gasteiger partial charge in [0.1, 0.15) is 0 Å². The molecular formula is C8H21KO2. The zero-order chi connectivity index (χ0) is 8.62. The number of hydrogen-bond acceptors (Lipinski definition) is 2. The van der Waals surface area contributed by atoms with Crippen LogP contribution in [-0.4, -0.2) is 22.4 Å². The predicted octanol–water partition coefficient (Wildman–Crippen LogP) is -1.33. The van der Waals surface area contributed by atoms with Crippen molar-refractivity contribution in [3.8, 4) is 0 Å². The van der Waals surface area contributed by atoms with Crippen molar-refractivity contribution in [2.75, 3.05) is 6.61 Å². The van der Waals surface area contributed by atoms with Crippen LogP contribution in [0, 0.1) is 0 Å². The smallest absolute Gasteiger partial charge is 1.00 e. The van der Waals surface area contributed by atoms with Crippen LogP contribution in [0.2, 0.25) is 0 Å². The Bertz CT molecular complexity index is 56.6. The third-order valence-corrected chi connectivity index (χ3v) is 0.512. The third-order valence-electron chi connectivity index (χ3n) is 0.512. The molecule has 0 bridgehead atoms. The maximum absolute atomic E-state index is 8.52. The van der Waals surface area contributed by atoms with E-state index in [1.54, 1.807) is 20.8 Å². The van der Waals surface area contributed by atoms with E-state index in [0.717, 1.165) is 12.8 Å². The van der Waals surface area contributed by atoms with E-state index in [0.29, 0.717) is 6.61 Å². The van der Waals surface area contributed by atoms with E-state index in [4.69, 9.17) is 10.2 Å². The Morgan fingerprint density at radius 1 is 1.27 bits per heavy atom. The Morgan fingerprint density at radius 2 is 1.55 bits per heavy atom. The van der Waals surface area contributed by atoms with Gasteiger partial charge >= 0.3 is 51.4 Å². The minimum atomic E-state index is -0.500. The maximum Gasteiger partial charge on any atom is 1.00 e. The van der Waals surface area contributed by atoms with Crippen LogP contribution in [0.1, 0.15) is 42.0 Å². The quantitative estimate of drug-likeness (QED) is 0.527. The average molecular weight is 188 g/mol. The summed E-state index contributed by atoms with van der Waals surface area (Å²) < 4.78 is 0. The molecule has 0 saturated carbocycles. The van der Waals surface area contributed by atoms with Crippen molar-refractivity contribution in [2.24, 2.45) is 0 Å². The van der Waals surface area contributed by atoms with Crippen LogP contribution < -0.4 is 51.4 Å². The summed E-state index contributed by atoms with van der Waals surface area (Å²) in [7, 11) is 0. The molecule has 0 aromatic rings. The third kappa shape index (κ3) is 83.4. The van der Waals surface area contributed by atoms with Gasteiger partial charge in [0.05, 0.1) is 5.60 Å². The van der Waals surface area contributed by atoms with Crippen LogP contribution >= 0.6 is 0 Å². The molecule has 0 unspecified atom stereocenters. The van der Waals surface area contributed by atoms with Crippen molar-refractivity contribution in [2.45, 2.75) is 46.1 Å². The fourth-order valence-corrected chi connectivity index (χ4v) is 0.158. The molecule has 0 saturated heterocycles. The molecule has 2 nitrogen and oxygen atoms in total. The van der Waals surface area contributed by atoms with Crippen LogP contribution in [0.15, 0.2) is 0 Å². The number of aliphatic hydroxyl groups is 2. The van der Waals surface area contributed by atoms with E-state index in [1.807, 2.05) is 0 Å². The van der Waals surface area contributed by atoms with Crippen LogP contribution in [0.4, 0.5) is 0 Å². The molecule has 0 radical (unpaired) electrons. The van der Waals surface area contributed by atoms with Gasteiger partial charge in [-0.1, -0.05) is 13.3 Å². The Labute approximate surface area is 114 Å². The molecule has 0 aliphatic heterocycles. The summed E-state index contributed by atoms with van der Waals surface area (Å²) in [6.45, 7) is 7.62. The summed E-state index contributed by atoms with van der Waals surface area (Å²) in [6.07, 6.45) is 2.04. The first kappa shape index (κ1) is 18.4. The SMILES string of the molecule is CC(C)(C)O.CCCCO.[H-].[K+]. The van der Waals surface area contributed by atoms with E-state index in [-0.39, 0.29) is 52.8 Å². The Kier molecular flexibility index (Phi) is 19.3. The standard InChI is InChI=1S/2C4H10O.K.H/c1-4(2,3)5;1-2-3-4-5;;/h5H,1-3H3;5H,2-4H2,1H3;;/q;;+1;-1. The average Bonchev–Trinajstić information content (AvgIpc) is 1.63. The van der Waals surface area contributed by atoms with E-state index in [1.165, 1.54) is 0 Å². The first-order chi connectivity index (χ1) is 4.41. The van der Waals surface area contributed by atoms with Gasteiger partial charge in [-0.3, -0.25) is 0 Å². The summed E-state index contributed by atoms with van der Waals surface area (Å²) in [5.74, 6) is 0. The molecule has 0 amide bonds. The monoisotopic (exact) mass is 188 g/mol. The van der Waals surface area contributed by atoms with Crippen molar-refractivity contribution in [3.63, 3.8) is 0 Å². The molecule has 3 heteroatoms. The molecule has 11 heavy (non-hydrogen) atoms. The van der Waals surface area contributed by atoms with Crippen molar-refractivity contribution >= 4 is 0 Å². The molecular weight excluding hydrogens is 167 g/mol. The molecule has 0 aromatic heterocycles. The summed E-state index contributed by atoms with van der Waals surface area (Å²) in [5, 5.41) is 16.6. The maximum atomic E-state index is 8.52. The van der Waals surface area contributed by atoms with Gasteiger partial charge in [0.25, 0.3) is 0 Å². The number of rotatable bonds is 2. The predicted molar refractivity (Wildman–Crippen MR) is 45.1 cm³/mol. The van der Waals surface area contributed by atoms with Crippen LogP contribution in [0.5, 0.6) is 0 Å². The Balaban J connectivity index is -0.0000000457. The fourth-order valence-electron chi connectivity index (χ4n) is 0.158. The van der Waals surface area contributed by atoms with Gasteiger partial charge in [-0.25, -0.2) is 0 Å². The minimum absolute atomic E-state index is 0. The zero-order valence-electron chi connectivity index (χ0n) is 9.52. The molecule has 0 atom stereocenters. The van der Waals surface area contributed by atoms with Crippen molar-refractivity contribution in [1.82, 2.24) is 0 Å². The molecule has 0 aliphatic carbocycles. The van der Waals surface area contributed by atoms with E-state index in [2.05, 4.69) is 6.92 Å². The van der Waals surface area contributed by atoms with Crippen molar-refractivity contribution in [3.05, 3.63) is 0 Å². The number of unbranched alkanes of at least 4 members (excludes halogenated alkanes) is 1. The minimum Gasteiger partial charge on any atom is -1.00 e. The van der Waals surface area contributed by atoms with Gasteiger partial charge in [-0.2, -0.15) is 0 Å². The Hall–Kier alpha value is 1.56. The molecule has 66 valence electrons. The first-order valence-corrected chi connectivity index (χ1v) is 3.75. The zero-order valence-corrected chi connectivity index (χ0v) is 11.6. The summed E-state index contributed by atoms with van der Waals surface area (Å²) in [6, 6.07) is 0. The first-order valence-electron chi connectivity index (χ1n) is 3.75. The molecule has 0 aliphatic rings.